The maximum absolute atomic E-state index is 14.2. The van der Waals surface area contributed by atoms with Crippen LogP contribution in [-0.4, -0.2) is 12.1 Å². The highest BCUT2D eigenvalue weighted by Gasteiger charge is 2.17. The number of ether oxygens (including phenoxy) is 1. The first-order valence-corrected chi connectivity index (χ1v) is 8.04. The lowest BCUT2D eigenvalue weighted by molar-refractivity contribution is 0.412. The number of aromatic nitrogens is 1. The molecule has 1 N–H and O–H groups in total. The molecule has 0 saturated carbocycles. The number of hydrogen-bond acceptors (Lipinski definition) is 3. The summed E-state index contributed by atoms with van der Waals surface area (Å²) in [5, 5.41) is 4.79. The molecule has 0 aliphatic heterocycles. The Bertz CT molecular complexity index is 898. The zero-order valence-corrected chi connectivity index (χ0v) is 14.5. The van der Waals surface area contributed by atoms with Crippen molar-refractivity contribution in [1.82, 2.24) is 4.98 Å². The van der Waals surface area contributed by atoms with Crippen LogP contribution in [0.2, 0.25) is 5.02 Å². The normalized spacial score (nSPS) is 12.2. The number of hydrogen-bond donors (Lipinski definition) is 1. The summed E-state index contributed by atoms with van der Waals surface area (Å²) in [6.45, 7) is 3.75. The highest BCUT2D eigenvalue weighted by molar-refractivity contribution is 6.35. The molecule has 3 rings (SSSR count). The van der Waals surface area contributed by atoms with Gasteiger partial charge in [-0.1, -0.05) is 29.8 Å². The Balaban J connectivity index is 2.05. The number of nitrogens with zero attached hydrogens (tertiary/aromatic N) is 1. The van der Waals surface area contributed by atoms with Crippen molar-refractivity contribution in [3.8, 4) is 5.75 Å². The van der Waals surface area contributed by atoms with Crippen molar-refractivity contribution in [2.75, 3.05) is 12.4 Å². The average molecular weight is 345 g/mol. The minimum Gasteiger partial charge on any atom is -0.497 e. The number of fused-ring (bicyclic) bond motifs is 1. The van der Waals surface area contributed by atoms with Gasteiger partial charge in [0.25, 0.3) is 0 Å². The van der Waals surface area contributed by atoms with Crippen LogP contribution in [-0.2, 0) is 0 Å². The van der Waals surface area contributed by atoms with Crippen LogP contribution < -0.4 is 10.1 Å². The van der Waals surface area contributed by atoms with Gasteiger partial charge in [-0.2, -0.15) is 0 Å². The quantitative estimate of drug-likeness (QED) is 0.676. The molecule has 124 valence electrons. The Hall–Kier alpha value is -2.33. The van der Waals surface area contributed by atoms with Crippen molar-refractivity contribution in [3.63, 3.8) is 0 Å². The van der Waals surface area contributed by atoms with Crippen molar-refractivity contribution >= 4 is 28.2 Å². The Morgan fingerprint density at radius 2 is 1.96 bits per heavy atom. The number of halogens is 2. The lowest BCUT2D eigenvalue weighted by Gasteiger charge is -2.20. The summed E-state index contributed by atoms with van der Waals surface area (Å²) < 4.78 is 19.4. The van der Waals surface area contributed by atoms with Crippen molar-refractivity contribution in [3.05, 3.63) is 64.6 Å². The van der Waals surface area contributed by atoms with E-state index in [1.165, 1.54) is 6.07 Å². The van der Waals surface area contributed by atoms with E-state index in [0.717, 1.165) is 22.3 Å². The van der Waals surface area contributed by atoms with Gasteiger partial charge in [0.1, 0.15) is 11.6 Å². The first-order valence-electron chi connectivity index (χ1n) is 7.66. The molecular weight excluding hydrogens is 327 g/mol. The van der Waals surface area contributed by atoms with Gasteiger partial charge in [-0.25, -0.2) is 4.39 Å². The molecule has 1 aromatic heterocycles. The highest BCUT2D eigenvalue weighted by atomic mass is 35.5. The Morgan fingerprint density at radius 1 is 1.21 bits per heavy atom. The molecule has 0 fully saturated rings. The Morgan fingerprint density at radius 3 is 2.71 bits per heavy atom. The van der Waals surface area contributed by atoms with Crippen molar-refractivity contribution < 1.29 is 9.13 Å². The summed E-state index contributed by atoms with van der Waals surface area (Å²) in [5.74, 6) is 0.323. The number of nitrogens with one attached hydrogen (secondary N) is 1. The first kappa shape index (κ1) is 16.5. The van der Waals surface area contributed by atoms with E-state index in [4.69, 9.17) is 16.3 Å². The molecule has 0 bridgehead atoms. The molecule has 0 aliphatic carbocycles. The van der Waals surface area contributed by atoms with E-state index in [-0.39, 0.29) is 11.9 Å². The number of aryl methyl sites for hydroxylation is 1. The minimum atomic E-state index is -0.290. The fraction of sp³-hybridized carbons (Fsp3) is 0.211. The highest BCUT2D eigenvalue weighted by Crippen LogP contribution is 2.35. The number of anilines is 1. The molecule has 1 atom stereocenters. The third-order valence-electron chi connectivity index (χ3n) is 4.03. The van der Waals surface area contributed by atoms with Crippen LogP contribution in [0.3, 0.4) is 0 Å². The molecule has 0 aliphatic rings. The van der Waals surface area contributed by atoms with E-state index in [1.54, 1.807) is 19.2 Å². The number of methoxy groups -OCH3 is 1. The first-order chi connectivity index (χ1) is 11.5. The molecule has 0 radical (unpaired) electrons. The van der Waals surface area contributed by atoms with Crippen LogP contribution in [0.15, 0.2) is 42.5 Å². The molecule has 1 unspecified atom stereocenters. The lowest BCUT2D eigenvalue weighted by atomic mass is 10.1. The summed E-state index contributed by atoms with van der Waals surface area (Å²) in [4.78, 5) is 4.49. The van der Waals surface area contributed by atoms with Gasteiger partial charge < -0.3 is 10.1 Å². The second-order valence-electron chi connectivity index (χ2n) is 5.66. The van der Waals surface area contributed by atoms with E-state index in [1.807, 2.05) is 38.1 Å². The van der Waals surface area contributed by atoms with Crippen molar-refractivity contribution in [1.29, 1.82) is 0 Å². The fourth-order valence-corrected chi connectivity index (χ4v) is 2.93. The van der Waals surface area contributed by atoms with Gasteiger partial charge in [0.15, 0.2) is 0 Å². The fourth-order valence-electron chi connectivity index (χ4n) is 2.73. The maximum atomic E-state index is 14.2. The summed E-state index contributed by atoms with van der Waals surface area (Å²) in [5.41, 5.74) is 2.86. The summed E-state index contributed by atoms with van der Waals surface area (Å²) >= 11 is 6.46. The summed E-state index contributed by atoms with van der Waals surface area (Å²) in [7, 11) is 1.56. The number of para-hydroxylation sites is 1. The van der Waals surface area contributed by atoms with Gasteiger partial charge in [-0.3, -0.25) is 4.98 Å². The van der Waals surface area contributed by atoms with Crippen LogP contribution in [0.4, 0.5) is 10.1 Å². The molecular formula is C19H18ClFN2O. The third kappa shape index (κ3) is 3.02. The SMILES string of the molecule is COc1ccc(F)c(C(C)Nc2c(Cl)c(C)nc3ccccc23)c1. The maximum Gasteiger partial charge on any atom is 0.128 e. The van der Waals surface area contributed by atoms with Crippen LogP contribution in [0, 0.1) is 12.7 Å². The molecule has 3 nitrogen and oxygen atoms in total. The molecule has 0 spiro atoms. The van der Waals surface area contributed by atoms with Crippen LogP contribution in [0.25, 0.3) is 10.9 Å². The van der Waals surface area contributed by atoms with Crippen molar-refractivity contribution in [2.45, 2.75) is 19.9 Å². The molecule has 5 heteroatoms. The topological polar surface area (TPSA) is 34.1 Å². The number of benzene rings is 2. The second kappa shape index (κ2) is 6.65. The smallest absolute Gasteiger partial charge is 0.128 e. The molecule has 0 saturated heterocycles. The predicted octanol–water partition coefficient (Wildman–Crippen LogP) is 5.52. The Labute approximate surface area is 145 Å². The number of rotatable bonds is 4. The van der Waals surface area contributed by atoms with Gasteiger partial charge in [0, 0.05) is 10.9 Å². The predicted molar refractivity (Wildman–Crippen MR) is 96.5 cm³/mol. The Kier molecular flexibility index (Phi) is 4.58. The zero-order valence-electron chi connectivity index (χ0n) is 13.7. The zero-order chi connectivity index (χ0) is 17.3. The third-order valence-corrected chi connectivity index (χ3v) is 4.49. The largest absolute Gasteiger partial charge is 0.497 e. The van der Waals surface area contributed by atoms with Gasteiger partial charge >= 0.3 is 0 Å². The lowest BCUT2D eigenvalue weighted by Crippen LogP contribution is -2.10. The average Bonchev–Trinajstić information content (AvgIpc) is 2.59. The van der Waals surface area contributed by atoms with Gasteiger partial charge in [0.05, 0.1) is 35.1 Å². The number of pyridine rings is 1. The van der Waals surface area contributed by atoms with Crippen LogP contribution in [0.5, 0.6) is 5.75 Å². The molecule has 3 aromatic rings. The van der Waals surface area contributed by atoms with E-state index in [9.17, 15) is 4.39 Å². The van der Waals surface area contributed by atoms with E-state index in [0.29, 0.717) is 16.3 Å². The molecule has 0 amide bonds. The standard InChI is InChI=1S/C19H18ClFN2O/c1-11(15-10-13(24-3)8-9-16(15)21)23-19-14-6-4-5-7-17(14)22-12(2)18(19)20/h4-11H,1-3H3,(H,22,23). The molecule has 1 heterocycles. The van der Waals surface area contributed by atoms with E-state index in [2.05, 4.69) is 10.3 Å². The monoisotopic (exact) mass is 344 g/mol. The van der Waals surface area contributed by atoms with Gasteiger partial charge in [-0.05, 0) is 38.1 Å². The minimum absolute atomic E-state index is 0.289. The van der Waals surface area contributed by atoms with Crippen LogP contribution >= 0.6 is 11.6 Å². The molecule has 2 aromatic carbocycles. The van der Waals surface area contributed by atoms with E-state index >= 15 is 0 Å². The summed E-state index contributed by atoms with van der Waals surface area (Å²) in [6, 6.07) is 12.1. The second-order valence-corrected chi connectivity index (χ2v) is 6.03. The van der Waals surface area contributed by atoms with Crippen LogP contribution in [0.1, 0.15) is 24.2 Å². The van der Waals surface area contributed by atoms with Gasteiger partial charge in [0.2, 0.25) is 0 Å². The summed E-state index contributed by atoms with van der Waals surface area (Å²) in [6.07, 6.45) is 0. The van der Waals surface area contributed by atoms with E-state index < -0.39 is 0 Å². The van der Waals surface area contributed by atoms with Crippen molar-refractivity contribution in [2.24, 2.45) is 0 Å². The molecule has 24 heavy (non-hydrogen) atoms. The van der Waals surface area contributed by atoms with Gasteiger partial charge in [-0.15, -0.1) is 0 Å².